The van der Waals surface area contributed by atoms with Gasteiger partial charge < -0.3 is 10.1 Å². The van der Waals surface area contributed by atoms with Gasteiger partial charge in [-0.1, -0.05) is 55.7 Å². The minimum Gasteiger partial charge on any atom is -0.489 e. The third-order valence-corrected chi connectivity index (χ3v) is 4.68. The molecule has 3 heteroatoms. The van der Waals surface area contributed by atoms with Gasteiger partial charge in [0.2, 0.25) is 0 Å². The largest absolute Gasteiger partial charge is 0.489 e. The zero-order valence-corrected chi connectivity index (χ0v) is 14.0. The van der Waals surface area contributed by atoms with Crippen molar-refractivity contribution >= 4 is 5.91 Å². The van der Waals surface area contributed by atoms with E-state index >= 15 is 0 Å². The first-order chi connectivity index (χ1) is 11.8. The molecule has 0 aromatic heterocycles. The maximum absolute atomic E-state index is 12.6. The van der Waals surface area contributed by atoms with Crippen molar-refractivity contribution in [3.05, 3.63) is 65.7 Å². The fourth-order valence-corrected chi connectivity index (χ4v) is 3.27. The number of amides is 1. The van der Waals surface area contributed by atoms with Gasteiger partial charge in [0.05, 0.1) is 0 Å². The van der Waals surface area contributed by atoms with Gasteiger partial charge in [-0.2, -0.15) is 0 Å². The lowest BCUT2D eigenvalue weighted by atomic mass is 9.89. The Bertz CT molecular complexity index is 648. The van der Waals surface area contributed by atoms with Crippen molar-refractivity contribution in [1.29, 1.82) is 0 Å². The van der Waals surface area contributed by atoms with Crippen LogP contribution in [-0.2, 0) is 6.61 Å². The summed E-state index contributed by atoms with van der Waals surface area (Å²) in [5.74, 6) is 1.46. The second kappa shape index (κ2) is 8.53. The monoisotopic (exact) mass is 323 g/mol. The molecule has 1 N–H and O–H groups in total. The first-order valence-corrected chi connectivity index (χ1v) is 8.87. The molecule has 3 nitrogen and oxygen atoms in total. The van der Waals surface area contributed by atoms with E-state index in [0.717, 1.165) is 17.9 Å². The van der Waals surface area contributed by atoms with E-state index in [9.17, 15) is 4.79 Å². The predicted molar refractivity (Wildman–Crippen MR) is 96.1 cm³/mol. The van der Waals surface area contributed by atoms with Crippen molar-refractivity contribution in [3.8, 4) is 5.75 Å². The lowest BCUT2D eigenvalue weighted by Crippen LogP contribution is -2.31. The number of carbonyl (C=O) groups is 1. The minimum atomic E-state index is 0.00725. The molecule has 24 heavy (non-hydrogen) atoms. The molecule has 0 spiro atoms. The van der Waals surface area contributed by atoms with Gasteiger partial charge in [0.15, 0.2) is 0 Å². The fourth-order valence-electron chi connectivity index (χ4n) is 3.27. The summed E-state index contributed by atoms with van der Waals surface area (Å²) in [5.41, 5.74) is 1.63. The van der Waals surface area contributed by atoms with E-state index in [2.05, 4.69) is 5.32 Å². The highest BCUT2D eigenvalue weighted by atomic mass is 16.5. The lowest BCUT2D eigenvalue weighted by molar-refractivity contribution is 0.0941. The van der Waals surface area contributed by atoms with Crippen molar-refractivity contribution < 1.29 is 9.53 Å². The van der Waals surface area contributed by atoms with Crippen molar-refractivity contribution in [3.63, 3.8) is 0 Å². The molecule has 0 heterocycles. The Labute approximate surface area is 144 Å². The van der Waals surface area contributed by atoms with Crippen LogP contribution in [0.5, 0.6) is 5.75 Å². The van der Waals surface area contributed by atoms with Crippen LogP contribution in [0, 0.1) is 5.92 Å². The summed E-state index contributed by atoms with van der Waals surface area (Å²) in [6.45, 7) is 1.18. The Kier molecular flexibility index (Phi) is 5.89. The number of benzene rings is 2. The normalized spacial score (nSPS) is 15.0. The van der Waals surface area contributed by atoms with Crippen molar-refractivity contribution in [2.45, 2.75) is 38.7 Å². The second-order valence-electron chi connectivity index (χ2n) is 6.47. The lowest BCUT2D eigenvalue weighted by Gasteiger charge is -2.22. The van der Waals surface area contributed by atoms with E-state index in [1.807, 2.05) is 54.6 Å². The van der Waals surface area contributed by atoms with Gasteiger partial charge in [-0.15, -0.1) is 0 Å². The van der Waals surface area contributed by atoms with Crippen LogP contribution in [0.2, 0.25) is 0 Å². The second-order valence-corrected chi connectivity index (χ2v) is 6.47. The van der Waals surface area contributed by atoms with Crippen LogP contribution in [0.25, 0.3) is 0 Å². The van der Waals surface area contributed by atoms with Crippen LogP contribution in [0.1, 0.15) is 48.0 Å². The maximum Gasteiger partial charge on any atom is 0.251 e. The molecule has 3 rings (SSSR count). The molecule has 1 aliphatic carbocycles. The van der Waals surface area contributed by atoms with Crippen LogP contribution < -0.4 is 10.1 Å². The Balaban J connectivity index is 1.59. The van der Waals surface area contributed by atoms with Crippen LogP contribution >= 0.6 is 0 Å². The number of rotatable bonds is 6. The average Bonchev–Trinajstić information content (AvgIpc) is 2.66. The Hall–Kier alpha value is -2.29. The van der Waals surface area contributed by atoms with Gasteiger partial charge in [0.1, 0.15) is 12.4 Å². The predicted octanol–water partition coefficient (Wildman–Crippen LogP) is 4.58. The van der Waals surface area contributed by atoms with Gasteiger partial charge in [-0.25, -0.2) is 0 Å². The van der Waals surface area contributed by atoms with Crippen molar-refractivity contribution in [2.75, 3.05) is 6.54 Å². The van der Waals surface area contributed by atoms with Gasteiger partial charge >= 0.3 is 0 Å². The smallest absolute Gasteiger partial charge is 0.251 e. The van der Waals surface area contributed by atoms with E-state index in [4.69, 9.17) is 4.74 Å². The molecular formula is C21H25NO2. The molecule has 2 aromatic carbocycles. The maximum atomic E-state index is 12.6. The van der Waals surface area contributed by atoms with Crippen LogP contribution in [0.3, 0.4) is 0 Å². The summed E-state index contributed by atoms with van der Waals surface area (Å²) in [6.07, 6.45) is 6.40. The number of ether oxygens (including phenoxy) is 1. The van der Waals surface area contributed by atoms with Crippen LogP contribution in [-0.4, -0.2) is 12.5 Å². The van der Waals surface area contributed by atoms with Gasteiger partial charge in [-0.3, -0.25) is 4.79 Å². The summed E-state index contributed by atoms with van der Waals surface area (Å²) >= 11 is 0. The molecule has 0 radical (unpaired) electrons. The molecule has 2 aromatic rings. The summed E-state index contributed by atoms with van der Waals surface area (Å²) in [4.78, 5) is 12.6. The Morgan fingerprint density at radius 2 is 1.67 bits per heavy atom. The molecule has 1 aliphatic rings. The molecule has 126 valence electrons. The van der Waals surface area contributed by atoms with E-state index in [1.165, 1.54) is 32.1 Å². The quantitative estimate of drug-likeness (QED) is 0.845. The van der Waals surface area contributed by atoms with Gasteiger partial charge in [0.25, 0.3) is 5.91 Å². The Morgan fingerprint density at radius 3 is 2.46 bits per heavy atom. The number of hydrogen-bond acceptors (Lipinski definition) is 2. The minimum absolute atomic E-state index is 0.00725. The highest BCUT2D eigenvalue weighted by molar-refractivity contribution is 5.95. The number of nitrogens with one attached hydrogen (secondary N) is 1. The van der Waals surface area contributed by atoms with E-state index in [-0.39, 0.29) is 5.91 Å². The molecule has 0 saturated heterocycles. The molecule has 0 aliphatic heterocycles. The van der Waals surface area contributed by atoms with E-state index in [1.54, 1.807) is 0 Å². The Morgan fingerprint density at radius 1 is 0.958 bits per heavy atom. The highest BCUT2D eigenvalue weighted by Crippen LogP contribution is 2.23. The van der Waals surface area contributed by atoms with Crippen LogP contribution in [0.15, 0.2) is 54.6 Å². The zero-order chi connectivity index (χ0) is 16.6. The fraction of sp³-hybridized carbons (Fsp3) is 0.381. The van der Waals surface area contributed by atoms with Gasteiger partial charge in [-0.05, 0) is 37.0 Å². The molecule has 0 bridgehead atoms. The molecule has 1 amide bonds. The first-order valence-electron chi connectivity index (χ1n) is 8.87. The van der Waals surface area contributed by atoms with E-state index in [0.29, 0.717) is 18.1 Å². The molecule has 1 fully saturated rings. The summed E-state index contributed by atoms with van der Waals surface area (Å²) in [7, 11) is 0. The average molecular weight is 323 g/mol. The molecular weight excluding hydrogens is 298 g/mol. The van der Waals surface area contributed by atoms with Crippen molar-refractivity contribution in [2.24, 2.45) is 5.92 Å². The molecule has 0 atom stereocenters. The molecule has 0 unspecified atom stereocenters. The third-order valence-electron chi connectivity index (χ3n) is 4.68. The number of para-hydroxylation sites is 1. The highest BCUT2D eigenvalue weighted by Gasteiger charge is 2.16. The summed E-state index contributed by atoms with van der Waals surface area (Å²) < 4.78 is 5.80. The SMILES string of the molecule is O=C(NCC1CCCCC1)c1ccccc1COc1ccccc1. The number of hydrogen-bond donors (Lipinski definition) is 1. The first kappa shape index (κ1) is 16.6. The standard InChI is InChI=1S/C21H25NO2/c23-21(22-15-17-9-3-1-4-10-17)20-14-8-7-11-18(20)16-24-19-12-5-2-6-13-19/h2,5-8,11-14,17H,1,3-4,9-10,15-16H2,(H,22,23). The van der Waals surface area contributed by atoms with Crippen LogP contribution in [0.4, 0.5) is 0 Å². The zero-order valence-electron chi connectivity index (χ0n) is 14.0. The van der Waals surface area contributed by atoms with E-state index < -0.39 is 0 Å². The number of carbonyl (C=O) groups excluding carboxylic acids is 1. The summed E-state index contributed by atoms with van der Waals surface area (Å²) in [5, 5.41) is 3.11. The topological polar surface area (TPSA) is 38.3 Å². The molecule has 1 saturated carbocycles. The summed E-state index contributed by atoms with van der Waals surface area (Å²) in [6, 6.07) is 17.4. The van der Waals surface area contributed by atoms with Gasteiger partial charge in [0, 0.05) is 17.7 Å². The van der Waals surface area contributed by atoms with Crippen molar-refractivity contribution in [1.82, 2.24) is 5.32 Å². The third kappa shape index (κ3) is 4.60.